The number of rotatable bonds is 11. The maximum atomic E-state index is 14.6. The van der Waals surface area contributed by atoms with E-state index in [0.29, 0.717) is 36.9 Å². The number of benzene rings is 3. The largest absolute Gasteiger partial charge is 0.481 e. The highest BCUT2D eigenvalue weighted by Gasteiger charge is 2.45. The molecule has 13 nitrogen and oxygen atoms in total. The van der Waals surface area contributed by atoms with E-state index in [1.165, 1.54) is 0 Å². The van der Waals surface area contributed by atoms with Crippen LogP contribution in [0.4, 0.5) is 0 Å². The highest BCUT2D eigenvalue weighted by atomic mass is 31.2. The number of carbonyl (C=O) groups excluding carboxylic acids is 4. The Morgan fingerprint density at radius 3 is 2.27 bits per heavy atom. The molecule has 5 atom stereocenters. The molecule has 312 valence electrons. The molecular formula is C45H54N5O8P. The van der Waals surface area contributed by atoms with Gasteiger partial charge in [-0.2, -0.15) is 0 Å². The minimum atomic E-state index is -3.61. The van der Waals surface area contributed by atoms with Crippen molar-refractivity contribution >= 4 is 47.9 Å². The summed E-state index contributed by atoms with van der Waals surface area (Å²) in [6, 6.07) is 23.0. The number of hydrogen-bond donors (Lipinski definition) is 6. The van der Waals surface area contributed by atoms with Crippen LogP contribution in [0.3, 0.4) is 0 Å². The van der Waals surface area contributed by atoms with Crippen molar-refractivity contribution in [3.05, 3.63) is 119 Å². The van der Waals surface area contributed by atoms with E-state index in [9.17, 15) is 38.5 Å². The molecule has 0 radical (unpaired) electrons. The predicted octanol–water partition coefficient (Wildman–Crippen LogP) is 5.67. The Hall–Kier alpha value is -5.52. The quantitative estimate of drug-likeness (QED) is 0.0819. The number of fused-ring (bicyclic) bond motifs is 1. The number of carbonyl (C=O) groups is 5. The number of aromatic nitrogens is 1. The van der Waals surface area contributed by atoms with Gasteiger partial charge in [0.2, 0.25) is 31.0 Å². The molecule has 2 heterocycles. The number of amides is 4. The van der Waals surface area contributed by atoms with E-state index in [1.807, 2.05) is 73.8 Å². The Morgan fingerprint density at radius 1 is 0.898 bits per heavy atom. The summed E-state index contributed by atoms with van der Waals surface area (Å²) in [6.07, 6.45) is 7.57. The van der Waals surface area contributed by atoms with Gasteiger partial charge in [0, 0.05) is 43.0 Å². The van der Waals surface area contributed by atoms with Crippen LogP contribution in [0.5, 0.6) is 0 Å². The summed E-state index contributed by atoms with van der Waals surface area (Å²) < 4.78 is 15.4. The lowest BCUT2D eigenvalue weighted by molar-refractivity contribution is -0.143. The standard InChI is InChI=1S/C45H54N5O8P/c1-30-13-18-39-35(23-30)19-22-50(39)27-33-11-8-12-36(34-16-14-32(15-17-34)29-59(57,58)28-31-9-4-2-5-10-31)37(24-41(52)53)42(54)49-45(20-6-3-7-21-45)44(56)48-38(25-40(46)51)43(55)47-26-33/h2,4-5,8-10,12-19,22-23,33,36-38H,3,6-7,11,20-21,24-29H2,1H3,(H2,46,51)(H,47,55)(H,48,56)(H,49,54)(H,52,53)(H,57,58)/b12-8+/t33-,36-,37+,38+/m1/s1. The first-order valence-corrected chi connectivity index (χ1v) is 22.3. The van der Waals surface area contributed by atoms with Gasteiger partial charge in [-0.1, -0.05) is 97.6 Å². The van der Waals surface area contributed by atoms with Crippen molar-refractivity contribution in [2.45, 2.75) is 94.7 Å². The Bertz CT molecular complexity index is 2230. The highest BCUT2D eigenvalue weighted by Crippen LogP contribution is 2.48. The molecule has 6 rings (SSSR count). The Balaban J connectivity index is 1.37. The van der Waals surface area contributed by atoms with E-state index in [-0.39, 0.29) is 37.6 Å². The maximum absolute atomic E-state index is 14.6. The molecule has 3 aromatic carbocycles. The number of nitrogens with one attached hydrogen (secondary N) is 3. The average Bonchev–Trinajstić information content (AvgIpc) is 3.58. The second kappa shape index (κ2) is 19.0. The van der Waals surface area contributed by atoms with E-state index in [1.54, 1.807) is 24.3 Å². The zero-order chi connectivity index (χ0) is 42.2. The van der Waals surface area contributed by atoms with Gasteiger partial charge in [-0.25, -0.2) is 0 Å². The van der Waals surface area contributed by atoms with Crippen LogP contribution in [0, 0.1) is 18.8 Å². The monoisotopic (exact) mass is 823 g/mol. The van der Waals surface area contributed by atoms with Gasteiger partial charge in [-0.05, 0) is 72.4 Å². The van der Waals surface area contributed by atoms with Gasteiger partial charge in [0.15, 0.2) is 0 Å². The Morgan fingerprint density at radius 2 is 1.59 bits per heavy atom. The lowest BCUT2D eigenvalue weighted by atomic mass is 9.78. The summed E-state index contributed by atoms with van der Waals surface area (Å²) in [6.45, 7) is 2.67. The second-order valence-electron chi connectivity index (χ2n) is 16.3. The van der Waals surface area contributed by atoms with Crippen molar-refractivity contribution in [2.24, 2.45) is 17.6 Å². The highest BCUT2D eigenvalue weighted by molar-refractivity contribution is 7.56. The molecule has 2 aliphatic rings. The maximum Gasteiger partial charge on any atom is 0.304 e. The van der Waals surface area contributed by atoms with Gasteiger partial charge in [-0.3, -0.25) is 28.5 Å². The van der Waals surface area contributed by atoms with Crippen LogP contribution in [0.25, 0.3) is 10.9 Å². The molecule has 1 saturated carbocycles. The Labute approximate surface area is 344 Å². The predicted molar refractivity (Wildman–Crippen MR) is 225 cm³/mol. The summed E-state index contributed by atoms with van der Waals surface area (Å²) in [5.74, 6) is -5.99. The van der Waals surface area contributed by atoms with Crippen LogP contribution in [0.2, 0.25) is 0 Å². The molecule has 7 N–H and O–H groups in total. The number of aliphatic carboxylic acids is 1. The number of hydrogen-bond acceptors (Lipinski definition) is 6. The number of carboxylic acids is 1. The SMILES string of the molecule is Cc1ccc2c(ccn2C[C@@H]2C/C=C/[C@H](c3ccc(CP(=O)(O)Cc4ccccc4)cc3)[C@H](CC(=O)O)C(=O)NC3(CCCCC3)C(=O)N[C@@H](CC(N)=O)C(=O)NC2)c1. The molecule has 1 aliphatic carbocycles. The molecule has 4 amide bonds. The van der Waals surface area contributed by atoms with Crippen LogP contribution >= 0.6 is 7.37 Å². The van der Waals surface area contributed by atoms with E-state index in [2.05, 4.69) is 26.6 Å². The molecule has 1 fully saturated rings. The third kappa shape index (κ3) is 11.4. The van der Waals surface area contributed by atoms with Crippen LogP contribution < -0.4 is 21.7 Å². The normalized spacial score (nSPS) is 23.2. The fourth-order valence-electron chi connectivity index (χ4n) is 8.47. The van der Waals surface area contributed by atoms with Crippen molar-refractivity contribution < 1.29 is 38.5 Å². The molecule has 1 unspecified atom stereocenters. The lowest BCUT2D eigenvalue weighted by Crippen LogP contribution is -2.64. The van der Waals surface area contributed by atoms with Crippen LogP contribution in [-0.2, 0) is 47.4 Å². The topological polar surface area (TPSA) is 210 Å². The summed E-state index contributed by atoms with van der Waals surface area (Å²) in [5, 5.41) is 19.9. The summed E-state index contributed by atoms with van der Waals surface area (Å²) >= 11 is 0. The minimum Gasteiger partial charge on any atom is -0.481 e. The molecule has 0 saturated heterocycles. The van der Waals surface area contributed by atoms with Crippen molar-refractivity contribution in [2.75, 3.05) is 6.54 Å². The second-order valence-corrected chi connectivity index (χ2v) is 18.6. The van der Waals surface area contributed by atoms with Gasteiger partial charge in [0.1, 0.15) is 11.6 Å². The number of nitrogens with two attached hydrogens (primary N) is 1. The number of primary amides is 1. The van der Waals surface area contributed by atoms with E-state index < -0.39 is 73.2 Å². The van der Waals surface area contributed by atoms with Gasteiger partial charge in [0.05, 0.1) is 18.8 Å². The number of aryl methyl sites for hydroxylation is 1. The van der Waals surface area contributed by atoms with Gasteiger partial charge in [-0.15, -0.1) is 0 Å². The first-order valence-electron chi connectivity index (χ1n) is 20.3. The van der Waals surface area contributed by atoms with E-state index >= 15 is 0 Å². The zero-order valence-electron chi connectivity index (χ0n) is 33.3. The summed E-state index contributed by atoms with van der Waals surface area (Å²) in [7, 11) is -3.61. The van der Waals surface area contributed by atoms with E-state index in [0.717, 1.165) is 28.5 Å². The third-order valence-corrected chi connectivity index (χ3v) is 13.2. The third-order valence-electron chi connectivity index (χ3n) is 11.5. The van der Waals surface area contributed by atoms with Gasteiger partial charge in [0.25, 0.3) is 0 Å². The van der Waals surface area contributed by atoms with Crippen molar-refractivity contribution in [1.29, 1.82) is 0 Å². The molecule has 0 bridgehead atoms. The van der Waals surface area contributed by atoms with Gasteiger partial charge >= 0.3 is 5.97 Å². The molecule has 4 aromatic rings. The van der Waals surface area contributed by atoms with Crippen molar-refractivity contribution in [3.63, 3.8) is 0 Å². The first-order chi connectivity index (χ1) is 28.2. The summed E-state index contributed by atoms with van der Waals surface area (Å²) in [4.78, 5) is 78.1. The zero-order valence-corrected chi connectivity index (χ0v) is 34.2. The fourth-order valence-corrected chi connectivity index (χ4v) is 10.1. The Kier molecular flexibility index (Phi) is 13.9. The number of allylic oxidation sites excluding steroid dienone is 2. The van der Waals surface area contributed by atoms with Crippen molar-refractivity contribution in [1.82, 2.24) is 20.5 Å². The van der Waals surface area contributed by atoms with Crippen LogP contribution in [0.1, 0.15) is 79.5 Å². The number of carboxylic acid groups (broad SMARTS) is 1. The summed E-state index contributed by atoms with van der Waals surface area (Å²) in [5.41, 5.74) is 8.21. The smallest absolute Gasteiger partial charge is 0.304 e. The molecule has 1 aromatic heterocycles. The number of nitrogens with zero attached hydrogens (tertiary/aromatic N) is 1. The minimum absolute atomic E-state index is 0.0144. The van der Waals surface area contributed by atoms with Crippen molar-refractivity contribution in [3.8, 4) is 0 Å². The average molecular weight is 824 g/mol. The molecule has 14 heteroatoms. The fraction of sp³-hybridized carbons (Fsp3) is 0.400. The molecular weight excluding hydrogens is 769 g/mol. The molecule has 1 spiro atoms. The van der Waals surface area contributed by atoms with Crippen LogP contribution in [0.15, 0.2) is 97.2 Å². The van der Waals surface area contributed by atoms with Crippen LogP contribution in [-0.4, -0.2) is 62.3 Å². The van der Waals surface area contributed by atoms with Gasteiger partial charge < -0.3 is 36.3 Å². The molecule has 1 aliphatic heterocycles. The first kappa shape index (κ1) is 43.1. The lowest BCUT2D eigenvalue weighted by Gasteiger charge is -2.39. The van der Waals surface area contributed by atoms with E-state index in [4.69, 9.17) is 5.73 Å². The molecule has 59 heavy (non-hydrogen) atoms.